The van der Waals surface area contributed by atoms with Gasteiger partial charge in [-0.25, -0.2) is 0 Å². The highest BCUT2D eigenvalue weighted by atomic mass is 19.3. The largest absolute Gasteiger partial charge is 0.497 e. The molecular weight excluding hydrogens is 266 g/mol. The predicted molar refractivity (Wildman–Crippen MR) is 70.4 cm³/mol. The summed E-state index contributed by atoms with van der Waals surface area (Å²) < 4.78 is 34.3. The van der Waals surface area contributed by atoms with E-state index in [1.807, 2.05) is 0 Å². The van der Waals surface area contributed by atoms with Crippen LogP contribution in [0.4, 0.5) is 8.78 Å². The molecule has 0 aliphatic carbocycles. The maximum absolute atomic E-state index is 12.4. The Morgan fingerprint density at radius 2 is 1.80 bits per heavy atom. The van der Waals surface area contributed by atoms with E-state index in [1.54, 1.807) is 24.3 Å². The van der Waals surface area contributed by atoms with Gasteiger partial charge in [0, 0.05) is 11.1 Å². The highest BCUT2D eigenvalue weighted by molar-refractivity contribution is 5.81. The Hall–Kier alpha value is -2.43. The van der Waals surface area contributed by atoms with Crippen LogP contribution in [0.1, 0.15) is 10.4 Å². The van der Waals surface area contributed by atoms with Crippen LogP contribution in [-0.2, 0) is 0 Å². The first-order valence-electron chi connectivity index (χ1n) is 5.82. The van der Waals surface area contributed by atoms with Crippen LogP contribution in [0.25, 0.3) is 11.1 Å². The molecule has 0 aliphatic heterocycles. The van der Waals surface area contributed by atoms with Crippen molar-refractivity contribution < 1.29 is 23.0 Å². The van der Waals surface area contributed by atoms with E-state index in [9.17, 15) is 13.6 Å². The molecule has 0 aliphatic rings. The van der Waals surface area contributed by atoms with Gasteiger partial charge in [0.2, 0.25) is 0 Å². The Kier molecular flexibility index (Phi) is 4.30. The van der Waals surface area contributed by atoms with Gasteiger partial charge in [0.15, 0.2) is 0 Å². The third kappa shape index (κ3) is 3.12. The first-order valence-corrected chi connectivity index (χ1v) is 5.82. The second-order valence-corrected chi connectivity index (χ2v) is 3.98. The van der Waals surface area contributed by atoms with E-state index in [0.717, 1.165) is 0 Å². The summed E-state index contributed by atoms with van der Waals surface area (Å²) >= 11 is 0. The monoisotopic (exact) mass is 278 g/mol. The molecule has 0 bridgehead atoms. The van der Waals surface area contributed by atoms with Crippen molar-refractivity contribution in [2.24, 2.45) is 0 Å². The van der Waals surface area contributed by atoms with Crippen LogP contribution in [0, 0.1) is 0 Å². The van der Waals surface area contributed by atoms with Crippen molar-refractivity contribution in [2.45, 2.75) is 6.61 Å². The Labute approximate surface area is 114 Å². The zero-order valence-corrected chi connectivity index (χ0v) is 10.7. The van der Waals surface area contributed by atoms with Crippen LogP contribution < -0.4 is 9.47 Å². The van der Waals surface area contributed by atoms with E-state index in [4.69, 9.17) is 4.74 Å². The van der Waals surface area contributed by atoms with E-state index in [1.165, 1.54) is 25.3 Å². The van der Waals surface area contributed by atoms with E-state index in [-0.39, 0.29) is 5.75 Å². The van der Waals surface area contributed by atoms with Crippen molar-refractivity contribution in [3.8, 4) is 22.6 Å². The Balaban J connectivity index is 2.47. The van der Waals surface area contributed by atoms with Crippen molar-refractivity contribution >= 4 is 6.29 Å². The number of ether oxygens (including phenoxy) is 2. The van der Waals surface area contributed by atoms with Crippen LogP contribution in [0.5, 0.6) is 11.5 Å². The molecule has 2 rings (SSSR count). The number of carbonyl (C=O) groups excluding carboxylic acids is 1. The third-order valence-electron chi connectivity index (χ3n) is 2.76. The van der Waals surface area contributed by atoms with Gasteiger partial charge in [-0.15, -0.1) is 0 Å². The number of carbonyl (C=O) groups is 1. The first kappa shape index (κ1) is 14.0. The summed E-state index contributed by atoms with van der Waals surface area (Å²) in [4.78, 5) is 10.8. The molecule has 3 nitrogen and oxygen atoms in total. The summed E-state index contributed by atoms with van der Waals surface area (Å²) in [6.07, 6.45) is 0.652. The quantitative estimate of drug-likeness (QED) is 0.781. The number of hydrogen-bond acceptors (Lipinski definition) is 3. The van der Waals surface area contributed by atoms with Crippen molar-refractivity contribution in [2.75, 3.05) is 7.11 Å². The molecule has 5 heteroatoms. The van der Waals surface area contributed by atoms with Gasteiger partial charge in [-0.3, -0.25) is 4.79 Å². The zero-order chi connectivity index (χ0) is 14.5. The second-order valence-electron chi connectivity index (χ2n) is 3.98. The molecule has 20 heavy (non-hydrogen) atoms. The SMILES string of the molecule is COc1ccc(-c2cc(C=O)ccc2OC(F)F)cc1. The number of halogens is 2. The Morgan fingerprint density at radius 3 is 2.35 bits per heavy atom. The highest BCUT2D eigenvalue weighted by Crippen LogP contribution is 2.32. The minimum atomic E-state index is -2.92. The molecule has 0 saturated heterocycles. The molecule has 2 aromatic rings. The topological polar surface area (TPSA) is 35.5 Å². The van der Waals surface area contributed by atoms with Gasteiger partial charge >= 0.3 is 6.61 Å². The summed E-state index contributed by atoms with van der Waals surface area (Å²) in [6, 6.07) is 11.1. The first-order chi connectivity index (χ1) is 9.63. The smallest absolute Gasteiger partial charge is 0.387 e. The molecule has 2 aromatic carbocycles. The summed E-state index contributed by atoms with van der Waals surface area (Å²) in [5, 5.41) is 0. The summed E-state index contributed by atoms with van der Waals surface area (Å²) in [5.41, 5.74) is 1.47. The van der Waals surface area contributed by atoms with E-state index >= 15 is 0 Å². The lowest BCUT2D eigenvalue weighted by Crippen LogP contribution is -2.03. The number of hydrogen-bond donors (Lipinski definition) is 0. The Morgan fingerprint density at radius 1 is 1.10 bits per heavy atom. The lowest BCUT2D eigenvalue weighted by Gasteiger charge is -2.12. The number of benzene rings is 2. The number of rotatable bonds is 5. The standard InChI is InChI=1S/C15H12F2O3/c1-19-12-5-3-11(4-6-12)13-8-10(9-18)2-7-14(13)20-15(16)17/h2-9,15H,1H3. The normalized spacial score (nSPS) is 10.4. The van der Waals surface area contributed by atoms with Crippen molar-refractivity contribution in [1.82, 2.24) is 0 Å². The predicted octanol–water partition coefficient (Wildman–Crippen LogP) is 3.78. The van der Waals surface area contributed by atoms with Crippen LogP contribution in [0.2, 0.25) is 0 Å². The van der Waals surface area contributed by atoms with Crippen molar-refractivity contribution in [3.63, 3.8) is 0 Å². The Bertz CT molecular complexity index is 595. The van der Waals surface area contributed by atoms with Gasteiger partial charge in [-0.1, -0.05) is 12.1 Å². The fourth-order valence-electron chi connectivity index (χ4n) is 1.82. The molecule has 0 saturated carbocycles. The average Bonchev–Trinajstić information content (AvgIpc) is 2.47. The molecule has 0 atom stereocenters. The maximum atomic E-state index is 12.4. The molecule has 0 fully saturated rings. The number of aldehydes is 1. The molecule has 0 heterocycles. The molecule has 0 spiro atoms. The minimum Gasteiger partial charge on any atom is -0.497 e. The van der Waals surface area contributed by atoms with Gasteiger partial charge in [-0.2, -0.15) is 8.78 Å². The van der Waals surface area contributed by atoms with Gasteiger partial charge in [0.25, 0.3) is 0 Å². The summed E-state index contributed by atoms with van der Waals surface area (Å²) in [6.45, 7) is -2.92. The number of alkyl halides is 2. The summed E-state index contributed by atoms with van der Waals surface area (Å²) in [7, 11) is 1.54. The minimum absolute atomic E-state index is 0.0239. The van der Waals surface area contributed by atoms with E-state index in [2.05, 4.69) is 4.74 Å². The van der Waals surface area contributed by atoms with E-state index < -0.39 is 6.61 Å². The fraction of sp³-hybridized carbons (Fsp3) is 0.133. The molecule has 0 N–H and O–H groups in total. The van der Waals surface area contributed by atoms with Crippen molar-refractivity contribution in [3.05, 3.63) is 48.0 Å². The molecule has 104 valence electrons. The van der Waals surface area contributed by atoms with Crippen LogP contribution in [-0.4, -0.2) is 20.0 Å². The summed E-state index contributed by atoms with van der Waals surface area (Å²) in [5.74, 6) is 0.674. The van der Waals surface area contributed by atoms with Gasteiger partial charge in [0.05, 0.1) is 7.11 Å². The van der Waals surface area contributed by atoms with Crippen LogP contribution in [0.3, 0.4) is 0 Å². The highest BCUT2D eigenvalue weighted by Gasteiger charge is 2.12. The average molecular weight is 278 g/mol. The molecule has 0 unspecified atom stereocenters. The van der Waals surface area contributed by atoms with Gasteiger partial charge in [-0.05, 0) is 35.9 Å². The third-order valence-corrected chi connectivity index (χ3v) is 2.76. The second kappa shape index (κ2) is 6.14. The van der Waals surface area contributed by atoms with Crippen molar-refractivity contribution in [1.29, 1.82) is 0 Å². The van der Waals surface area contributed by atoms with Gasteiger partial charge in [0.1, 0.15) is 17.8 Å². The van der Waals surface area contributed by atoms with Crippen LogP contribution in [0.15, 0.2) is 42.5 Å². The van der Waals surface area contributed by atoms with Gasteiger partial charge < -0.3 is 9.47 Å². The molecule has 0 amide bonds. The maximum Gasteiger partial charge on any atom is 0.387 e. The van der Waals surface area contributed by atoms with E-state index in [0.29, 0.717) is 28.7 Å². The lowest BCUT2D eigenvalue weighted by atomic mass is 10.0. The zero-order valence-electron chi connectivity index (χ0n) is 10.7. The van der Waals surface area contributed by atoms with Crippen LogP contribution >= 0.6 is 0 Å². The molecule has 0 radical (unpaired) electrons. The molecule has 0 aromatic heterocycles. The molecular formula is C15H12F2O3. The lowest BCUT2D eigenvalue weighted by molar-refractivity contribution is -0.0494. The number of methoxy groups -OCH3 is 1. The fourth-order valence-corrected chi connectivity index (χ4v) is 1.82.